The summed E-state index contributed by atoms with van der Waals surface area (Å²) in [5.74, 6) is 0. The van der Waals surface area contributed by atoms with Gasteiger partial charge in [-0.15, -0.1) is 0 Å². The van der Waals surface area contributed by atoms with Gasteiger partial charge in [0, 0.05) is 21.6 Å². The van der Waals surface area contributed by atoms with Gasteiger partial charge in [0.05, 0.1) is 6.61 Å². The van der Waals surface area contributed by atoms with Crippen molar-refractivity contribution in [3.05, 3.63) is 0 Å². The molecule has 0 bridgehead atoms. The predicted octanol–water partition coefficient (Wildman–Crippen LogP) is 2.88. The summed E-state index contributed by atoms with van der Waals surface area (Å²) in [5, 5.41) is -0.499. The minimum Gasteiger partial charge on any atom is -0.457 e. The molecule has 0 atom stereocenters. The first kappa shape index (κ1) is 10.1. The highest BCUT2D eigenvalue weighted by Gasteiger charge is 2.05. The van der Waals surface area contributed by atoms with Crippen molar-refractivity contribution in [3.8, 4) is 0 Å². The highest BCUT2D eigenvalue weighted by molar-refractivity contribution is 8.87. The maximum absolute atomic E-state index is 10.5. The third kappa shape index (κ3) is 6.25. The van der Waals surface area contributed by atoms with Crippen molar-refractivity contribution >= 4 is 43.1 Å². The van der Waals surface area contributed by atoms with Crippen LogP contribution in [0.4, 0.5) is 9.59 Å². The summed E-state index contributed by atoms with van der Waals surface area (Å²) >= 11 is 4.92. The normalized spacial score (nSPS) is 9.00. The first-order valence-corrected chi connectivity index (χ1v) is 4.90. The topological polar surface area (TPSA) is 43.4 Å². The van der Waals surface area contributed by atoms with Gasteiger partial charge in [-0.05, 0) is 18.5 Å². The molecule has 0 N–H and O–H groups in total. The van der Waals surface area contributed by atoms with Crippen molar-refractivity contribution in [3.63, 3.8) is 0 Å². The average Bonchev–Trinajstić information content (AvgIpc) is 1.85. The molecule has 0 saturated carbocycles. The summed E-state index contributed by atoms with van der Waals surface area (Å²) in [6.45, 7) is 1.99. The van der Waals surface area contributed by atoms with E-state index >= 15 is 0 Å². The van der Waals surface area contributed by atoms with E-state index in [-0.39, 0.29) is 0 Å². The Morgan fingerprint density at radius 1 is 1.50 bits per heavy atom. The Morgan fingerprint density at radius 2 is 2.10 bits per heavy atom. The van der Waals surface area contributed by atoms with Crippen molar-refractivity contribution < 1.29 is 14.3 Å². The lowest BCUT2D eigenvalue weighted by Gasteiger charge is -1.95. The monoisotopic (exact) mass is 200 g/mol. The maximum Gasteiger partial charge on any atom is 0.378 e. The summed E-state index contributed by atoms with van der Waals surface area (Å²) in [5.41, 5.74) is 0. The van der Waals surface area contributed by atoms with Crippen molar-refractivity contribution in [1.29, 1.82) is 0 Å². The molecule has 0 rings (SSSR count). The van der Waals surface area contributed by atoms with E-state index < -0.39 is 9.88 Å². The molecular formula is C4H5ClO3S2. The fourth-order valence-electron chi connectivity index (χ4n) is 0.209. The Balaban J connectivity index is 3.30. The van der Waals surface area contributed by atoms with Gasteiger partial charge in [0.1, 0.15) is 0 Å². The zero-order chi connectivity index (χ0) is 7.98. The molecule has 0 amide bonds. The van der Waals surface area contributed by atoms with Gasteiger partial charge in [0.2, 0.25) is 0 Å². The van der Waals surface area contributed by atoms with Crippen LogP contribution in [0.3, 0.4) is 0 Å². The van der Waals surface area contributed by atoms with Gasteiger partial charge in [-0.2, -0.15) is 0 Å². The fraction of sp³-hybridized carbons (Fsp3) is 0.500. The van der Waals surface area contributed by atoms with Gasteiger partial charge in [0.15, 0.2) is 0 Å². The molecule has 0 radical (unpaired) electrons. The molecule has 0 aromatic rings. The molecule has 0 aromatic carbocycles. The summed E-state index contributed by atoms with van der Waals surface area (Å²) in [4.78, 5) is 20.5. The molecule has 0 spiro atoms. The van der Waals surface area contributed by atoms with Crippen molar-refractivity contribution in [2.24, 2.45) is 0 Å². The third-order valence-electron chi connectivity index (χ3n) is 0.437. The Labute approximate surface area is 71.2 Å². The number of ether oxygens (including phenoxy) is 1. The van der Waals surface area contributed by atoms with Crippen molar-refractivity contribution in [2.45, 2.75) is 6.92 Å². The van der Waals surface area contributed by atoms with E-state index in [9.17, 15) is 9.59 Å². The first-order valence-electron chi connectivity index (χ1n) is 2.37. The van der Waals surface area contributed by atoms with Crippen LogP contribution in [0.5, 0.6) is 0 Å². The van der Waals surface area contributed by atoms with Crippen LogP contribution in [-0.4, -0.2) is 16.5 Å². The van der Waals surface area contributed by atoms with Gasteiger partial charge >= 0.3 is 5.30 Å². The summed E-state index contributed by atoms with van der Waals surface area (Å²) in [7, 11) is 1.33. The zero-order valence-corrected chi connectivity index (χ0v) is 7.52. The summed E-state index contributed by atoms with van der Waals surface area (Å²) < 4.78 is 3.86. The number of halogens is 1. The standard InChI is InChI=1S/C4H5ClO3S2/c1-2-8-4(7)10-9-3(5)6/h2H2,1H3. The summed E-state index contributed by atoms with van der Waals surface area (Å²) in [6, 6.07) is 0. The molecule has 0 aromatic heterocycles. The molecule has 10 heavy (non-hydrogen) atoms. The second-order valence-electron chi connectivity index (χ2n) is 1.09. The summed E-state index contributed by atoms with van der Waals surface area (Å²) in [6.07, 6.45) is 0. The molecule has 0 aliphatic rings. The van der Waals surface area contributed by atoms with Crippen LogP contribution in [0.2, 0.25) is 0 Å². The molecule has 0 fully saturated rings. The number of carbonyl (C=O) groups is 2. The van der Waals surface area contributed by atoms with Gasteiger partial charge in [-0.3, -0.25) is 4.79 Å². The quantitative estimate of drug-likeness (QED) is 0.370. The lowest BCUT2D eigenvalue weighted by molar-refractivity contribution is 0.182. The first-order chi connectivity index (χ1) is 4.66. The minimum atomic E-state index is -0.627. The van der Waals surface area contributed by atoms with Gasteiger partial charge in [-0.25, -0.2) is 4.79 Å². The van der Waals surface area contributed by atoms with Gasteiger partial charge in [0.25, 0.3) is 4.57 Å². The zero-order valence-electron chi connectivity index (χ0n) is 5.13. The molecule has 0 saturated heterocycles. The molecule has 0 aliphatic carbocycles. The number of hydrogen-bond donors (Lipinski definition) is 0. The highest BCUT2D eigenvalue weighted by Crippen LogP contribution is 2.26. The van der Waals surface area contributed by atoms with E-state index in [1.165, 1.54) is 0 Å². The van der Waals surface area contributed by atoms with E-state index in [1.807, 2.05) is 0 Å². The number of carbonyl (C=O) groups excluding carboxylic acids is 2. The van der Waals surface area contributed by atoms with Crippen molar-refractivity contribution in [2.75, 3.05) is 6.61 Å². The van der Waals surface area contributed by atoms with E-state index in [4.69, 9.17) is 11.6 Å². The van der Waals surface area contributed by atoms with Crippen LogP contribution in [0.15, 0.2) is 0 Å². The fourth-order valence-corrected chi connectivity index (χ4v) is 1.34. The number of rotatable bonds is 1. The largest absolute Gasteiger partial charge is 0.457 e. The van der Waals surface area contributed by atoms with Crippen LogP contribution < -0.4 is 0 Å². The minimum absolute atomic E-state index is 0.308. The Morgan fingerprint density at radius 3 is 2.50 bits per heavy atom. The van der Waals surface area contributed by atoms with Crippen LogP contribution >= 0.6 is 33.2 Å². The van der Waals surface area contributed by atoms with Crippen LogP contribution in [0.1, 0.15) is 6.92 Å². The Bertz CT molecular complexity index is 138. The smallest absolute Gasteiger partial charge is 0.378 e. The molecule has 6 heteroatoms. The van der Waals surface area contributed by atoms with Gasteiger partial charge < -0.3 is 4.74 Å². The molecule has 0 aliphatic heterocycles. The Hall–Kier alpha value is 0.130. The van der Waals surface area contributed by atoms with E-state index in [2.05, 4.69) is 4.74 Å². The predicted molar refractivity (Wildman–Crippen MR) is 43.5 cm³/mol. The molecule has 0 heterocycles. The van der Waals surface area contributed by atoms with Crippen molar-refractivity contribution in [1.82, 2.24) is 0 Å². The Kier molecular flexibility index (Phi) is 5.96. The second-order valence-corrected chi connectivity index (χ2v) is 3.69. The lowest BCUT2D eigenvalue weighted by Crippen LogP contribution is -1.93. The maximum atomic E-state index is 10.5. The molecule has 58 valence electrons. The number of hydrogen-bond acceptors (Lipinski definition) is 5. The van der Waals surface area contributed by atoms with Crippen LogP contribution in [-0.2, 0) is 4.74 Å². The van der Waals surface area contributed by atoms with E-state index in [0.29, 0.717) is 28.2 Å². The van der Waals surface area contributed by atoms with E-state index in [1.54, 1.807) is 6.92 Å². The van der Waals surface area contributed by atoms with Crippen LogP contribution in [0, 0.1) is 0 Å². The third-order valence-corrected chi connectivity index (χ3v) is 2.52. The lowest BCUT2D eigenvalue weighted by atomic mass is 10.9. The van der Waals surface area contributed by atoms with Crippen LogP contribution in [0.25, 0.3) is 0 Å². The molecular weight excluding hydrogens is 196 g/mol. The van der Waals surface area contributed by atoms with Gasteiger partial charge in [-0.1, -0.05) is 0 Å². The second kappa shape index (κ2) is 5.88. The molecule has 3 nitrogen and oxygen atoms in total. The average molecular weight is 201 g/mol. The molecule has 0 unspecified atom stereocenters. The highest BCUT2D eigenvalue weighted by atomic mass is 35.5. The SMILES string of the molecule is CCOC(=O)SSC(=O)Cl. The van der Waals surface area contributed by atoms with E-state index in [0.717, 1.165) is 0 Å².